The molecular weight excluding hydrogens is 472 g/mol. The zero-order valence-electron chi connectivity index (χ0n) is 24.3. The van der Waals surface area contributed by atoms with E-state index in [1.165, 1.54) is 44.9 Å². The highest BCUT2D eigenvalue weighted by atomic mass is 16.6. The molecule has 1 N–H and O–H groups in total. The lowest BCUT2D eigenvalue weighted by atomic mass is 9.43. The van der Waals surface area contributed by atoms with Gasteiger partial charge in [0, 0.05) is 11.8 Å². The summed E-state index contributed by atoms with van der Waals surface area (Å²) in [7, 11) is 0. The molecule has 5 fully saturated rings. The fourth-order valence-corrected chi connectivity index (χ4v) is 10.5. The fraction of sp³-hybridized carbons (Fsp3) is 0.794. The van der Waals surface area contributed by atoms with Crippen LogP contribution in [0.25, 0.3) is 0 Å². The number of aliphatic hydroxyl groups excluding tert-OH is 1. The highest BCUT2D eigenvalue weighted by Crippen LogP contribution is 2.74. The Balaban J connectivity index is 1.17. The number of hydrogen-bond donors (Lipinski definition) is 1. The van der Waals surface area contributed by atoms with Gasteiger partial charge in [-0.15, -0.1) is 0 Å². The lowest BCUT2D eigenvalue weighted by Crippen LogP contribution is -2.63. The number of esters is 1. The Morgan fingerprint density at radius 2 is 1.79 bits per heavy atom. The molecule has 0 amide bonds. The van der Waals surface area contributed by atoms with Crippen LogP contribution in [0.5, 0.6) is 0 Å². The van der Waals surface area contributed by atoms with Crippen LogP contribution in [0.4, 0.5) is 0 Å². The molecule has 1 aromatic carbocycles. The maximum Gasteiger partial charge on any atom is 0.338 e. The van der Waals surface area contributed by atoms with Gasteiger partial charge in [-0.2, -0.15) is 0 Å². The molecule has 0 aromatic heterocycles. The van der Waals surface area contributed by atoms with Crippen LogP contribution in [0.1, 0.15) is 109 Å². The van der Waals surface area contributed by atoms with E-state index in [1.54, 1.807) is 0 Å². The lowest BCUT2D eigenvalue weighted by Gasteiger charge is -2.60. The highest BCUT2D eigenvalue weighted by molar-refractivity contribution is 5.89. The summed E-state index contributed by atoms with van der Waals surface area (Å²) in [4.78, 5) is 12.8. The van der Waals surface area contributed by atoms with Gasteiger partial charge in [0.25, 0.3) is 0 Å². The first-order valence-electron chi connectivity index (χ1n) is 15.7. The maximum absolute atomic E-state index is 12.8. The van der Waals surface area contributed by atoms with Gasteiger partial charge in [-0.3, -0.25) is 0 Å². The second-order valence-electron chi connectivity index (χ2n) is 14.8. The van der Waals surface area contributed by atoms with Crippen LogP contribution in [0, 0.1) is 46.3 Å². The number of carbonyl (C=O) groups excluding carboxylic acids is 1. The summed E-state index contributed by atoms with van der Waals surface area (Å²) in [6.07, 6.45) is 11.1. The van der Waals surface area contributed by atoms with E-state index < -0.39 is 6.10 Å². The number of carbonyl (C=O) groups is 1. The molecule has 210 valence electrons. The van der Waals surface area contributed by atoms with Crippen molar-refractivity contribution < 1.29 is 19.4 Å². The summed E-state index contributed by atoms with van der Waals surface area (Å²) in [6, 6.07) is 9.30. The second kappa shape index (κ2) is 9.61. The minimum absolute atomic E-state index is 0.0551. The van der Waals surface area contributed by atoms with Gasteiger partial charge in [-0.05, 0) is 91.6 Å². The van der Waals surface area contributed by atoms with E-state index >= 15 is 0 Å². The maximum atomic E-state index is 12.8. The Labute approximate surface area is 230 Å². The zero-order chi connectivity index (χ0) is 26.9. The molecule has 1 heterocycles. The van der Waals surface area contributed by atoms with Crippen molar-refractivity contribution in [1.29, 1.82) is 0 Å². The highest BCUT2D eigenvalue weighted by Gasteiger charge is 2.79. The summed E-state index contributed by atoms with van der Waals surface area (Å²) in [6.45, 7) is 12.2. The normalized spacial score (nSPS) is 45.9. The minimum Gasteiger partial charge on any atom is -0.459 e. The number of epoxide rings is 1. The monoisotopic (exact) mass is 522 g/mol. The van der Waals surface area contributed by atoms with Crippen molar-refractivity contribution in [3.8, 4) is 0 Å². The first kappa shape index (κ1) is 26.8. The largest absolute Gasteiger partial charge is 0.459 e. The van der Waals surface area contributed by atoms with Crippen LogP contribution in [0.15, 0.2) is 30.3 Å². The number of rotatable bonds is 7. The summed E-state index contributed by atoms with van der Waals surface area (Å²) < 4.78 is 12.6. The standard InChI is InChI=1S/C34H50O4/c1-21(2)10-9-11-22(3)25-14-15-26-28-27(17-18-32(25,26)4)33(5)19-16-24(20-34(33)30(38-34)29(28)35)37-31(36)23-12-7-6-8-13-23/h6-8,12-13,21-22,24-30,35H,9-11,14-20H2,1-5H3/t22-,24+,25-,26+,27+,28-,29-,30-,32-,33+,34-/m0/s1. The van der Waals surface area contributed by atoms with E-state index in [-0.39, 0.29) is 29.2 Å². The molecule has 6 rings (SSSR count). The molecule has 0 bridgehead atoms. The topological polar surface area (TPSA) is 59.1 Å². The van der Waals surface area contributed by atoms with Crippen molar-refractivity contribution in [1.82, 2.24) is 0 Å². The van der Waals surface area contributed by atoms with Gasteiger partial charge in [0.05, 0.1) is 11.7 Å². The molecular formula is C34H50O4. The van der Waals surface area contributed by atoms with Crippen LogP contribution in [-0.2, 0) is 9.47 Å². The quantitative estimate of drug-likeness (QED) is 0.299. The zero-order valence-corrected chi connectivity index (χ0v) is 24.3. The summed E-state index contributed by atoms with van der Waals surface area (Å²) >= 11 is 0. The van der Waals surface area contributed by atoms with E-state index in [0.29, 0.717) is 28.7 Å². The predicted octanol–water partition coefficient (Wildman–Crippen LogP) is 7.44. The third kappa shape index (κ3) is 4.02. The van der Waals surface area contributed by atoms with Gasteiger partial charge >= 0.3 is 5.97 Å². The third-order valence-electron chi connectivity index (χ3n) is 12.6. The Bertz CT molecular complexity index is 1020. The molecule has 1 saturated heterocycles. The Morgan fingerprint density at radius 3 is 2.53 bits per heavy atom. The van der Waals surface area contributed by atoms with Gasteiger partial charge in [0.2, 0.25) is 0 Å². The summed E-state index contributed by atoms with van der Waals surface area (Å²) in [5.41, 5.74) is 0.673. The number of fused-ring (bicyclic) bond motifs is 4. The average molecular weight is 523 g/mol. The first-order valence-corrected chi connectivity index (χ1v) is 15.7. The third-order valence-corrected chi connectivity index (χ3v) is 12.6. The van der Waals surface area contributed by atoms with Crippen molar-refractivity contribution in [2.45, 2.75) is 123 Å². The molecule has 1 spiro atoms. The minimum atomic E-state index is -0.392. The van der Waals surface area contributed by atoms with Crippen molar-refractivity contribution in [2.24, 2.45) is 46.3 Å². The number of hydrogen-bond acceptors (Lipinski definition) is 4. The second-order valence-corrected chi connectivity index (χ2v) is 14.8. The molecule has 38 heavy (non-hydrogen) atoms. The van der Waals surface area contributed by atoms with Crippen LogP contribution < -0.4 is 0 Å². The Kier molecular flexibility index (Phi) is 6.78. The van der Waals surface area contributed by atoms with E-state index in [2.05, 4.69) is 34.6 Å². The first-order chi connectivity index (χ1) is 18.1. The van der Waals surface area contributed by atoms with Crippen molar-refractivity contribution in [2.75, 3.05) is 0 Å². The molecule has 1 aliphatic heterocycles. The van der Waals surface area contributed by atoms with Crippen LogP contribution in [-0.4, -0.2) is 35.0 Å². The SMILES string of the molecule is CC(C)CCC[C@H](C)[C@@H]1CC[C@@H]2[C@@H]3[C@H](O)[C@@H]4O[C@@]45C[C@H](OC(=O)c4ccccc4)CC[C@]5(C)[C@@H]3CC[C@]21C. The molecule has 4 aliphatic carbocycles. The molecule has 0 radical (unpaired) electrons. The Hall–Kier alpha value is -1.39. The molecule has 4 heteroatoms. The van der Waals surface area contributed by atoms with Crippen LogP contribution in [0.3, 0.4) is 0 Å². The predicted molar refractivity (Wildman–Crippen MR) is 150 cm³/mol. The molecule has 0 unspecified atom stereocenters. The van der Waals surface area contributed by atoms with Gasteiger partial charge in [0.15, 0.2) is 0 Å². The number of aliphatic hydroxyl groups is 1. The molecule has 4 saturated carbocycles. The van der Waals surface area contributed by atoms with Crippen LogP contribution >= 0.6 is 0 Å². The van der Waals surface area contributed by atoms with E-state index in [9.17, 15) is 9.90 Å². The van der Waals surface area contributed by atoms with Gasteiger partial charge < -0.3 is 14.6 Å². The average Bonchev–Trinajstić information content (AvgIpc) is 3.51. The van der Waals surface area contributed by atoms with E-state index in [0.717, 1.165) is 37.0 Å². The number of benzene rings is 1. The molecule has 1 aromatic rings. The molecule has 4 nitrogen and oxygen atoms in total. The smallest absolute Gasteiger partial charge is 0.338 e. The van der Waals surface area contributed by atoms with Gasteiger partial charge in [-0.25, -0.2) is 4.79 Å². The summed E-state index contributed by atoms with van der Waals surface area (Å²) in [5.74, 6) is 3.53. The summed E-state index contributed by atoms with van der Waals surface area (Å²) in [5, 5.41) is 11.9. The lowest BCUT2D eigenvalue weighted by molar-refractivity contribution is -0.151. The fourth-order valence-electron chi connectivity index (χ4n) is 10.5. The Morgan fingerprint density at radius 1 is 1.03 bits per heavy atom. The van der Waals surface area contributed by atoms with Crippen molar-refractivity contribution in [3.63, 3.8) is 0 Å². The van der Waals surface area contributed by atoms with Crippen LogP contribution in [0.2, 0.25) is 0 Å². The van der Waals surface area contributed by atoms with E-state index in [1.807, 2.05) is 30.3 Å². The number of ether oxygens (including phenoxy) is 2. The van der Waals surface area contributed by atoms with E-state index in [4.69, 9.17) is 9.47 Å². The molecule has 5 aliphatic rings. The van der Waals surface area contributed by atoms with Crippen molar-refractivity contribution >= 4 is 5.97 Å². The van der Waals surface area contributed by atoms with Gasteiger partial charge in [0.1, 0.15) is 17.8 Å². The van der Waals surface area contributed by atoms with Gasteiger partial charge in [-0.1, -0.05) is 72.1 Å². The molecule has 11 atom stereocenters. The van der Waals surface area contributed by atoms with Crippen molar-refractivity contribution in [3.05, 3.63) is 35.9 Å².